The van der Waals surface area contributed by atoms with Gasteiger partial charge < -0.3 is 5.11 Å². The largest absolute Gasteiger partial charge is 0.481 e. The fourth-order valence-corrected chi connectivity index (χ4v) is 2.09. The normalized spacial score (nSPS) is 12.1. The van der Waals surface area contributed by atoms with Crippen molar-refractivity contribution < 1.29 is 14.3 Å². The van der Waals surface area contributed by atoms with Crippen molar-refractivity contribution in [2.45, 2.75) is 19.3 Å². The average molecular weight is 273 g/mol. The van der Waals surface area contributed by atoms with E-state index in [2.05, 4.69) is 4.98 Å². The maximum atomic E-state index is 12.8. The third-order valence-electron chi connectivity index (χ3n) is 3.22. The third-order valence-corrected chi connectivity index (χ3v) is 3.22. The van der Waals surface area contributed by atoms with Gasteiger partial charge in [0, 0.05) is 11.9 Å². The molecule has 0 radical (unpaired) electrons. The van der Waals surface area contributed by atoms with Crippen molar-refractivity contribution >= 4 is 5.97 Å². The fraction of sp³-hybridized carbons (Fsp3) is 0.250. The first kappa shape index (κ1) is 14.2. The van der Waals surface area contributed by atoms with Gasteiger partial charge in [0.2, 0.25) is 0 Å². The van der Waals surface area contributed by atoms with Gasteiger partial charge in [-0.25, -0.2) is 4.39 Å². The van der Waals surface area contributed by atoms with E-state index in [-0.39, 0.29) is 5.82 Å². The van der Waals surface area contributed by atoms with Crippen LogP contribution in [0, 0.1) is 11.7 Å². The van der Waals surface area contributed by atoms with Crippen molar-refractivity contribution in [2.24, 2.45) is 5.92 Å². The van der Waals surface area contributed by atoms with Crippen LogP contribution in [0.1, 0.15) is 17.7 Å². The van der Waals surface area contributed by atoms with Gasteiger partial charge >= 0.3 is 5.97 Å². The number of pyridine rings is 1. The van der Waals surface area contributed by atoms with E-state index in [4.69, 9.17) is 0 Å². The molecule has 1 atom stereocenters. The molecule has 1 unspecified atom stereocenters. The van der Waals surface area contributed by atoms with Crippen LogP contribution in [0.5, 0.6) is 0 Å². The molecule has 0 saturated carbocycles. The number of carboxylic acid groups (broad SMARTS) is 1. The highest BCUT2D eigenvalue weighted by molar-refractivity contribution is 5.70. The molecule has 20 heavy (non-hydrogen) atoms. The minimum Gasteiger partial charge on any atom is -0.481 e. The molecule has 0 amide bonds. The van der Waals surface area contributed by atoms with Gasteiger partial charge in [0.05, 0.1) is 5.92 Å². The predicted octanol–water partition coefficient (Wildman–Crippen LogP) is 3.10. The highest BCUT2D eigenvalue weighted by Crippen LogP contribution is 2.16. The number of aryl methyl sites for hydroxylation is 1. The molecule has 0 saturated heterocycles. The number of aliphatic carboxylic acids is 1. The van der Waals surface area contributed by atoms with Crippen LogP contribution in [-0.2, 0) is 17.6 Å². The van der Waals surface area contributed by atoms with Crippen molar-refractivity contribution in [3.63, 3.8) is 0 Å². The quantitative estimate of drug-likeness (QED) is 0.879. The standard InChI is InChI=1S/C16H16FNO2/c17-14-7-4-12(5-8-14)11-13(16(19)20)6-9-15-3-1-2-10-18-15/h1-5,7-8,10,13H,6,9,11H2,(H,19,20). The van der Waals surface area contributed by atoms with Crippen LogP contribution in [0.25, 0.3) is 0 Å². The molecular weight excluding hydrogens is 257 g/mol. The molecule has 1 heterocycles. The summed E-state index contributed by atoms with van der Waals surface area (Å²) in [4.78, 5) is 15.5. The maximum Gasteiger partial charge on any atom is 0.306 e. The molecule has 0 fully saturated rings. The summed E-state index contributed by atoms with van der Waals surface area (Å²) in [5.74, 6) is -1.62. The number of benzene rings is 1. The number of nitrogens with zero attached hydrogens (tertiary/aromatic N) is 1. The maximum absolute atomic E-state index is 12.8. The summed E-state index contributed by atoms with van der Waals surface area (Å²) in [6, 6.07) is 11.6. The summed E-state index contributed by atoms with van der Waals surface area (Å²) in [6.45, 7) is 0. The fourth-order valence-electron chi connectivity index (χ4n) is 2.09. The number of rotatable bonds is 6. The van der Waals surface area contributed by atoms with Gasteiger partial charge in [0.25, 0.3) is 0 Å². The van der Waals surface area contributed by atoms with Crippen molar-refractivity contribution in [3.8, 4) is 0 Å². The Morgan fingerprint density at radius 3 is 2.55 bits per heavy atom. The topological polar surface area (TPSA) is 50.2 Å². The Labute approximate surface area is 117 Å². The van der Waals surface area contributed by atoms with Crippen LogP contribution < -0.4 is 0 Å². The third kappa shape index (κ3) is 4.16. The molecule has 0 bridgehead atoms. The van der Waals surface area contributed by atoms with Gasteiger partial charge in [-0.15, -0.1) is 0 Å². The Bertz CT molecular complexity index is 554. The number of hydrogen-bond donors (Lipinski definition) is 1. The zero-order valence-electron chi connectivity index (χ0n) is 11.0. The molecule has 2 aromatic rings. The minimum absolute atomic E-state index is 0.311. The van der Waals surface area contributed by atoms with Crippen LogP contribution >= 0.6 is 0 Å². The molecule has 0 aliphatic rings. The van der Waals surface area contributed by atoms with Crippen LogP contribution in [0.15, 0.2) is 48.7 Å². The first-order valence-electron chi connectivity index (χ1n) is 6.52. The molecule has 2 rings (SSSR count). The van der Waals surface area contributed by atoms with Crippen molar-refractivity contribution in [3.05, 3.63) is 65.7 Å². The summed E-state index contributed by atoms with van der Waals surface area (Å²) in [7, 11) is 0. The zero-order chi connectivity index (χ0) is 14.4. The van der Waals surface area contributed by atoms with Crippen LogP contribution in [0.2, 0.25) is 0 Å². The summed E-state index contributed by atoms with van der Waals surface area (Å²) in [5.41, 5.74) is 1.72. The van der Waals surface area contributed by atoms with Gasteiger partial charge in [0.1, 0.15) is 5.82 Å². The lowest BCUT2D eigenvalue weighted by Crippen LogP contribution is -2.17. The van der Waals surface area contributed by atoms with E-state index in [0.29, 0.717) is 19.3 Å². The van der Waals surface area contributed by atoms with Crippen molar-refractivity contribution in [1.82, 2.24) is 4.98 Å². The minimum atomic E-state index is -0.828. The summed E-state index contributed by atoms with van der Waals surface area (Å²) in [5, 5.41) is 9.27. The lowest BCUT2D eigenvalue weighted by Gasteiger charge is -2.12. The van der Waals surface area contributed by atoms with Crippen molar-refractivity contribution in [2.75, 3.05) is 0 Å². The Kier molecular flexibility index (Phi) is 4.82. The highest BCUT2D eigenvalue weighted by atomic mass is 19.1. The Morgan fingerprint density at radius 2 is 1.95 bits per heavy atom. The van der Waals surface area contributed by atoms with Crippen LogP contribution in [0.3, 0.4) is 0 Å². The zero-order valence-corrected chi connectivity index (χ0v) is 11.0. The van der Waals surface area contributed by atoms with E-state index in [1.807, 2.05) is 18.2 Å². The lowest BCUT2D eigenvalue weighted by atomic mass is 9.94. The van der Waals surface area contributed by atoms with Crippen LogP contribution in [0.4, 0.5) is 4.39 Å². The van der Waals surface area contributed by atoms with Gasteiger partial charge in [-0.05, 0) is 49.1 Å². The Balaban J connectivity index is 1.97. The smallest absolute Gasteiger partial charge is 0.306 e. The van der Waals surface area contributed by atoms with E-state index in [0.717, 1.165) is 11.3 Å². The van der Waals surface area contributed by atoms with Gasteiger partial charge in [0.15, 0.2) is 0 Å². The molecule has 0 aliphatic carbocycles. The lowest BCUT2D eigenvalue weighted by molar-refractivity contribution is -0.141. The molecule has 104 valence electrons. The van der Waals surface area contributed by atoms with E-state index < -0.39 is 11.9 Å². The summed E-state index contributed by atoms with van der Waals surface area (Å²) in [6.07, 6.45) is 3.25. The van der Waals surface area contributed by atoms with E-state index in [1.54, 1.807) is 18.3 Å². The number of aromatic nitrogens is 1. The van der Waals surface area contributed by atoms with E-state index in [1.165, 1.54) is 12.1 Å². The number of carbonyl (C=O) groups is 1. The molecule has 0 aliphatic heterocycles. The first-order valence-corrected chi connectivity index (χ1v) is 6.52. The molecule has 1 aromatic carbocycles. The second-order valence-corrected chi connectivity index (χ2v) is 4.73. The Morgan fingerprint density at radius 1 is 1.20 bits per heavy atom. The van der Waals surface area contributed by atoms with Crippen molar-refractivity contribution in [1.29, 1.82) is 0 Å². The second kappa shape index (κ2) is 6.80. The van der Waals surface area contributed by atoms with E-state index >= 15 is 0 Å². The molecule has 1 aromatic heterocycles. The Hall–Kier alpha value is -2.23. The van der Waals surface area contributed by atoms with Gasteiger partial charge in [-0.2, -0.15) is 0 Å². The SMILES string of the molecule is O=C(O)C(CCc1ccccn1)Cc1ccc(F)cc1. The predicted molar refractivity (Wildman–Crippen MR) is 73.8 cm³/mol. The number of carboxylic acids is 1. The molecule has 1 N–H and O–H groups in total. The summed E-state index contributed by atoms with van der Waals surface area (Å²) >= 11 is 0. The van der Waals surface area contributed by atoms with E-state index in [9.17, 15) is 14.3 Å². The van der Waals surface area contributed by atoms with Gasteiger partial charge in [-0.3, -0.25) is 9.78 Å². The van der Waals surface area contributed by atoms with Gasteiger partial charge in [-0.1, -0.05) is 18.2 Å². The van der Waals surface area contributed by atoms with Crippen LogP contribution in [-0.4, -0.2) is 16.1 Å². The summed E-state index contributed by atoms with van der Waals surface area (Å²) < 4.78 is 12.8. The number of halogens is 1. The first-order chi connectivity index (χ1) is 9.65. The number of hydrogen-bond acceptors (Lipinski definition) is 2. The average Bonchev–Trinajstić information content (AvgIpc) is 2.46. The molecule has 3 nitrogen and oxygen atoms in total. The molecular formula is C16H16FNO2. The molecule has 4 heteroatoms. The highest BCUT2D eigenvalue weighted by Gasteiger charge is 2.18. The monoisotopic (exact) mass is 273 g/mol. The molecule has 0 spiro atoms. The second-order valence-electron chi connectivity index (χ2n) is 4.73.